The lowest BCUT2D eigenvalue weighted by Crippen LogP contribution is -2.52. The van der Waals surface area contributed by atoms with Crippen LogP contribution in [-0.4, -0.2) is 15.6 Å². The Morgan fingerprint density at radius 3 is 2.88 bits per heavy atom. The first-order chi connectivity index (χ1) is 12.5. The Morgan fingerprint density at radius 1 is 1.23 bits per heavy atom. The maximum absolute atomic E-state index is 14.0. The van der Waals surface area contributed by atoms with Crippen LogP contribution in [0.4, 0.5) is 4.39 Å². The quantitative estimate of drug-likeness (QED) is 0.655. The van der Waals surface area contributed by atoms with Gasteiger partial charge in [-0.2, -0.15) is 0 Å². The predicted molar refractivity (Wildman–Crippen MR) is 102 cm³/mol. The average molecular weight is 369 g/mol. The molecule has 1 unspecified atom stereocenters. The number of nitrogens with two attached hydrogens (primary N) is 1. The highest BCUT2D eigenvalue weighted by molar-refractivity contribution is 6.31. The monoisotopic (exact) mass is 368 g/mol. The Kier molecular flexibility index (Phi) is 4.26. The first-order valence-electron chi connectivity index (χ1n) is 8.33. The molecular weight excluding hydrogens is 351 g/mol. The minimum atomic E-state index is -0.878. The number of halogens is 2. The SMILES string of the molecule is NC1(Cc2c(F)cccc2Cl)C=CC(Cc2c[nH]c3ncccc23)=CN1. The Bertz CT molecular complexity index is 1000. The van der Waals surface area contributed by atoms with Gasteiger partial charge in [0, 0.05) is 47.4 Å². The number of dihydropyridines is 1. The van der Waals surface area contributed by atoms with Gasteiger partial charge < -0.3 is 16.0 Å². The van der Waals surface area contributed by atoms with Crippen LogP contribution in [0.5, 0.6) is 0 Å². The Labute approximate surface area is 155 Å². The van der Waals surface area contributed by atoms with Crippen LogP contribution in [0.25, 0.3) is 11.0 Å². The van der Waals surface area contributed by atoms with Gasteiger partial charge in [-0.1, -0.05) is 23.7 Å². The standard InChI is InChI=1S/C20H18ClFN4/c21-17-4-1-5-18(22)16(17)10-20(23)7-6-13(11-26-20)9-14-12-25-19-15(14)3-2-8-24-19/h1-8,11-12,26H,9-10,23H2,(H,24,25). The van der Waals surface area contributed by atoms with Crippen LogP contribution in [0.3, 0.4) is 0 Å². The number of nitrogens with zero attached hydrogens (tertiary/aromatic N) is 1. The van der Waals surface area contributed by atoms with Crippen molar-refractivity contribution in [2.24, 2.45) is 5.73 Å². The number of fused-ring (bicyclic) bond motifs is 1. The van der Waals surface area contributed by atoms with Crippen molar-refractivity contribution in [2.45, 2.75) is 18.5 Å². The van der Waals surface area contributed by atoms with Gasteiger partial charge in [0.05, 0.1) is 0 Å². The fraction of sp³-hybridized carbons (Fsp3) is 0.150. The third kappa shape index (κ3) is 3.23. The summed E-state index contributed by atoms with van der Waals surface area (Å²) in [5.41, 5.74) is 9.02. The van der Waals surface area contributed by atoms with Crippen LogP contribution < -0.4 is 11.1 Å². The molecule has 1 aliphatic heterocycles. The van der Waals surface area contributed by atoms with E-state index < -0.39 is 5.66 Å². The molecule has 0 aliphatic carbocycles. The first kappa shape index (κ1) is 16.8. The summed E-state index contributed by atoms with van der Waals surface area (Å²) in [6.45, 7) is 0. The third-order valence-electron chi connectivity index (χ3n) is 4.58. The highest BCUT2D eigenvalue weighted by Gasteiger charge is 2.26. The fourth-order valence-corrected chi connectivity index (χ4v) is 3.40. The summed E-state index contributed by atoms with van der Waals surface area (Å²) in [7, 11) is 0. The molecule has 0 bridgehead atoms. The molecular formula is C20H18ClFN4. The van der Waals surface area contributed by atoms with Crippen LogP contribution in [0, 0.1) is 5.82 Å². The average Bonchev–Trinajstić information content (AvgIpc) is 3.04. The number of allylic oxidation sites excluding steroid dienone is 2. The normalized spacial score (nSPS) is 19.4. The maximum Gasteiger partial charge on any atom is 0.137 e. The summed E-state index contributed by atoms with van der Waals surface area (Å²) in [5, 5.41) is 4.67. The van der Waals surface area contributed by atoms with Gasteiger partial charge in [0.2, 0.25) is 0 Å². The van der Waals surface area contributed by atoms with Crippen molar-refractivity contribution in [3.05, 3.63) is 88.6 Å². The molecule has 3 aromatic rings. The number of aromatic amines is 1. The molecule has 0 radical (unpaired) electrons. The van der Waals surface area contributed by atoms with Gasteiger partial charge in [-0.15, -0.1) is 0 Å². The van der Waals surface area contributed by atoms with E-state index in [9.17, 15) is 4.39 Å². The molecule has 26 heavy (non-hydrogen) atoms. The number of benzene rings is 1. The van der Waals surface area contributed by atoms with Crippen molar-refractivity contribution in [1.29, 1.82) is 0 Å². The van der Waals surface area contributed by atoms with E-state index >= 15 is 0 Å². The summed E-state index contributed by atoms with van der Waals surface area (Å²) in [4.78, 5) is 7.48. The van der Waals surface area contributed by atoms with E-state index in [-0.39, 0.29) is 12.2 Å². The molecule has 0 fully saturated rings. The Morgan fingerprint density at radius 2 is 2.12 bits per heavy atom. The molecule has 1 aromatic carbocycles. The number of pyridine rings is 1. The number of hydrogen-bond donors (Lipinski definition) is 3. The highest BCUT2D eigenvalue weighted by Crippen LogP contribution is 2.26. The van der Waals surface area contributed by atoms with Gasteiger partial charge in [-0.25, -0.2) is 9.37 Å². The number of nitrogens with one attached hydrogen (secondary N) is 2. The molecule has 4 rings (SSSR count). The Hall–Kier alpha value is -2.63. The van der Waals surface area contributed by atoms with Crippen molar-refractivity contribution in [2.75, 3.05) is 0 Å². The van der Waals surface area contributed by atoms with E-state index in [0.29, 0.717) is 10.6 Å². The van der Waals surface area contributed by atoms with Gasteiger partial charge in [0.1, 0.15) is 17.1 Å². The van der Waals surface area contributed by atoms with E-state index in [0.717, 1.165) is 28.6 Å². The second-order valence-electron chi connectivity index (χ2n) is 6.50. The second-order valence-corrected chi connectivity index (χ2v) is 6.91. The minimum absolute atomic E-state index is 0.260. The fourth-order valence-electron chi connectivity index (χ4n) is 3.17. The highest BCUT2D eigenvalue weighted by atomic mass is 35.5. The zero-order chi connectivity index (χ0) is 18.1. The lowest BCUT2D eigenvalue weighted by Gasteiger charge is -2.30. The van der Waals surface area contributed by atoms with E-state index in [1.807, 2.05) is 36.7 Å². The molecule has 3 heterocycles. The number of rotatable bonds is 4. The van der Waals surface area contributed by atoms with Crippen LogP contribution in [-0.2, 0) is 12.8 Å². The van der Waals surface area contributed by atoms with Crippen LogP contribution in [0.2, 0.25) is 5.02 Å². The lowest BCUT2D eigenvalue weighted by molar-refractivity contribution is 0.452. The van der Waals surface area contributed by atoms with Crippen LogP contribution in [0.1, 0.15) is 11.1 Å². The van der Waals surface area contributed by atoms with Gasteiger partial charge >= 0.3 is 0 Å². The van der Waals surface area contributed by atoms with Crippen LogP contribution in [0.15, 0.2) is 66.7 Å². The minimum Gasteiger partial charge on any atom is -0.370 e. The smallest absolute Gasteiger partial charge is 0.137 e. The van der Waals surface area contributed by atoms with Gasteiger partial charge in [-0.05, 0) is 41.5 Å². The molecule has 4 N–H and O–H groups in total. The first-order valence-corrected chi connectivity index (χ1v) is 8.71. The molecule has 0 saturated carbocycles. The Balaban J connectivity index is 1.50. The largest absolute Gasteiger partial charge is 0.370 e. The summed E-state index contributed by atoms with van der Waals surface area (Å²) in [6.07, 6.45) is 10.4. The van der Waals surface area contributed by atoms with Gasteiger partial charge in [-0.3, -0.25) is 0 Å². The topological polar surface area (TPSA) is 66.7 Å². The second kappa shape index (κ2) is 6.59. The molecule has 0 spiro atoms. The van der Waals surface area contributed by atoms with E-state index in [4.69, 9.17) is 17.3 Å². The molecule has 1 aliphatic rings. The zero-order valence-corrected chi connectivity index (χ0v) is 14.7. The predicted octanol–water partition coefficient (Wildman–Crippen LogP) is 3.84. The van der Waals surface area contributed by atoms with E-state index in [1.165, 1.54) is 6.07 Å². The molecule has 6 heteroatoms. The molecule has 0 saturated heterocycles. The third-order valence-corrected chi connectivity index (χ3v) is 4.94. The molecule has 132 valence electrons. The van der Waals surface area contributed by atoms with Crippen molar-refractivity contribution in [3.8, 4) is 0 Å². The summed E-state index contributed by atoms with van der Waals surface area (Å²) in [5.74, 6) is -0.349. The molecule has 1 atom stereocenters. The summed E-state index contributed by atoms with van der Waals surface area (Å²) >= 11 is 6.12. The number of aromatic nitrogens is 2. The van der Waals surface area contributed by atoms with Gasteiger partial charge in [0.15, 0.2) is 0 Å². The zero-order valence-electron chi connectivity index (χ0n) is 14.0. The van der Waals surface area contributed by atoms with Crippen molar-refractivity contribution in [1.82, 2.24) is 15.3 Å². The summed E-state index contributed by atoms with van der Waals surface area (Å²) in [6, 6.07) is 8.61. The van der Waals surface area contributed by atoms with E-state index in [2.05, 4.69) is 15.3 Å². The lowest BCUT2D eigenvalue weighted by atomic mass is 9.95. The maximum atomic E-state index is 14.0. The number of hydrogen-bond acceptors (Lipinski definition) is 3. The van der Waals surface area contributed by atoms with Crippen molar-refractivity contribution >= 4 is 22.6 Å². The number of H-pyrrole nitrogens is 1. The molecule has 2 aromatic heterocycles. The summed E-state index contributed by atoms with van der Waals surface area (Å²) < 4.78 is 14.0. The molecule has 0 amide bonds. The van der Waals surface area contributed by atoms with E-state index in [1.54, 1.807) is 18.3 Å². The van der Waals surface area contributed by atoms with Crippen molar-refractivity contribution < 1.29 is 4.39 Å². The van der Waals surface area contributed by atoms with Crippen LogP contribution >= 0.6 is 11.6 Å². The molecule has 4 nitrogen and oxygen atoms in total. The van der Waals surface area contributed by atoms with Crippen molar-refractivity contribution in [3.63, 3.8) is 0 Å². The van der Waals surface area contributed by atoms with Gasteiger partial charge in [0.25, 0.3) is 0 Å².